The number of nitrogens with zero attached hydrogens (tertiary/aromatic N) is 2. The van der Waals surface area contributed by atoms with Crippen molar-refractivity contribution in [2.45, 2.75) is 56.0 Å². The predicted molar refractivity (Wildman–Crippen MR) is 159 cm³/mol. The fraction of sp³-hybridized carbons (Fsp3) is 0.545. The number of likely N-dealkylation sites (tertiary alicyclic amines) is 1. The molecule has 4 heterocycles. The molecule has 2 bridgehead atoms. The molecule has 2 aromatic carbocycles. The molecule has 4 fully saturated rings. The van der Waals surface area contributed by atoms with E-state index in [1.165, 1.54) is 4.90 Å². The third-order valence-corrected chi connectivity index (χ3v) is 9.98. The highest BCUT2D eigenvalue weighted by Crippen LogP contribution is 2.65. The third kappa shape index (κ3) is 5.24. The van der Waals surface area contributed by atoms with Crippen molar-refractivity contribution in [1.29, 1.82) is 0 Å². The highest BCUT2D eigenvalue weighted by atomic mass is 16.5. The second-order valence-corrected chi connectivity index (χ2v) is 12.1. The monoisotopic (exact) mass is 590 g/mol. The molecular weight excluding hydrogens is 548 g/mol. The smallest absolute Gasteiger partial charge is 0.245 e. The van der Waals surface area contributed by atoms with E-state index in [1.54, 1.807) is 0 Å². The van der Waals surface area contributed by atoms with E-state index in [2.05, 4.69) is 15.5 Å². The van der Waals surface area contributed by atoms with Gasteiger partial charge in [-0.25, -0.2) is 0 Å². The minimum atomic E-state index is -1.16. The van der Waals surface area contributed by atoms with Crippen LogP contribution in [0.3, 0.4) is 0 Å². The number of aliphatic hydroxyl groups excluding tert-OH is 1. The van der Waals surface area contributed by atoms with Gasteiger partial charge in [0.05, 0.1) is 43.3 Å². The Morgan fingerprint density at radius 1 is 1.00 bits per heavy atom. The van der Waals surface area contributed by atoms with Crippen molar-refractivity contribution in [1.82, 2.24) is 20.4 Å². The van der Waals surface area contributed by atoms with Crippen molar-refractivity contribution in [2.24, 2.45) is 11.8 Å². The van der Waals surface area contributed by atoms with Gasteiger partial charge in [0.2, 0.25) is 17.7 Å². The first kappa shape index (κ1) is 29.7. The first-order valence-electron chi connectivity index (χ1n) is 15.5. The molecule has 10 nitrogen and oxygen atoms in total. The normalized spacial score (nSPS) is 30.7. The molecule has 6 rings (SSSR count). The Kier molecular flexibility index (Phi) is 8.55. The Bertz CT molecular complexity index is 1300. The molecule has 0 saturated carbocycles. The van der Waals surface area contributed by atoms with E-state index < -0.39 is 35.1 Å². The number of hydrogen-bond donors (Lipinski definition) is 3. The molecular formula is C33H42N4O6. The second-order valence-electron chi connectivity index (χ2n) is 12.1. The molecule has 4 aliphatic heterocycles. The lowest BCUT2D eigenvalue weighted by Crippen LogP contribution is -2.57. The molecule has 2 aromatic rings. The summed E-state index contributed by atoms with van der Waals surface area (Å²) in [5.74, 6) is -2.43. The van der Waals surface area contributed by atoms with E-state index in [4.69, 9.17) is 9.47 Å². The molecule has 4 saturated heterocycles. The number of nitrogens with one attached hydrogen (secondary N) is 2. The van der Waals surface area contributed by atoms with Gasteiger partial charge >= 0.3 is 0 Å². The zero-order valence-electron chi connectivity index (χ0n) is 24.7. The van der Waals surface area contributed by atoms with Crippen LogP contribution in [0.5, 0.6) is 0 Å². The number of benzene rings is 2. The molecule has 3 N–H and O–H groups in total. The van der Waals surface area contributed by atoms with Gasteiger partial charge in [0.25, 0.3) is 0 Å². The van der Waals surface area contributed by atoms with Crippen LogP contribution in [0.1, 0.15) is 43.4 Å². The summed E-state index contributed by atoms with van der Waals surface area (Å²) in [5.41, 5.74) is -0.305. The van der Waals surface area contributed by atoms with Gasteiger partial charge in [-0.05, 0) is 30.4 Å². The largest absolute Gasteiger partial charge is 0.394 e. The average molecular weight is 591 g/mol. The lowest BCUT2D eigenvalue weighted by Gasteiger charge is -2.37. The van der Waals surface area contributed by atoms with Crippen molar-refractivity contribution in [3.05, 3.63) is 71.8 Å². The Balaban J connectivity index is 1.32. The molecule has 0 aliphatic carbocycles. The van der Waals surface area contributed by atoms with Gasteiger partial charge in [0, 0.05) is 32.7 Å². The van der Waals surface area contributed by atoms with Crippen LogP contribution in [0, 0.1) is 11.8 Å². The average Bonchev–Trinajstić information content (AvgIpc) is 3.65. The van der Waals surface area contributed by atoms with Crippen LogP contribution in [0.4, 0.5) is 0 Å². The summed E-state index contributed by atoms with van der Waals surface area (Å²) < 4.78 is 12.3. The van der Waals surface area contributed by atoms with Gasteiger partial charge in [0.15, 0.2) is 0 Å². The molecule has 43 heavy (non-hydrogen) atoms. The molecule has 10 heteroatoms. The third-order valence-electron chi connectivity index (χ3n) is 9.98. The molecule has 2 unspecified atom stereocenters. The van der Waals surface area contributed by atoms with Crippen molar-refractivity contribution in [3.63, 3.8) is 0 Å². The van der Waals surface area contributed by atoms with E-state index in [-0.39, 0.29) is 24.3 Å². The molecule has 6 atom stereocenters. The standard InChI is InChI=1S/C33H42N4O6/c1-2-32-13-14-33(43-32)27(26(32)29(39)35-21-23-9-5-3-6-10-23)31(41)37(25(22-38)24-11-7-4-8-12-24)28(33)30(40)34-15-16-36-17-19-42-20-18-36/h3-12,25-28,38H,2,13-22H2,1H3,(H,34,40)(H,35,39)/t25-,26-,27+,28?,32+,33?/m1/s1. The fourth-order valence-electron chi connectivity index (χ4n) is 7.87. The van der Waals surface area contributed by atoms with Gasteiger partial charge in [-0.15, -0.1) is 0 Å². The van der Waals surface area contributed by atoms with Crippen LogP contribution in [0.15, 0.2) is 60.7 Å². The maximum absolute atomic E-state index is 14.6. The number of hydrogen-bond acceptors (Lipinski definition) is 7. The predicted octanol–water partition coefficient (Wildman–Crippen LogP) is 1.64. The first-order chi connectivity index (χ1) is 20.9. The van der Waals surface area contributed by atoms with Crippen LogP contribution < -0.4 is 10.6 Å². The number of rotatable bonds is 11. The van der Waals surface area contributed by atoms with Crippen molar-refractivity contribution in [2.75, 3.05) is 46.0 Å². The van der Waals surface area contributed by atoms with Crippen LogP contribution >= 0.6 is 0 Å². The van der Waals surface area contributed by atoms with Gasteiger partial charge in [-0.1, -0.05) is 67.6 Å². The fourth-order valence-corrected chi connectivity index (χ4v) is 7.87. The van der Waals surface area contributed by atoms with E-state index >= 15 is 0 Å². The Hall–Kier alpha value is -3.31. The SMILES string of the molecule is CC[C@@]12CCC3(O1)C(C(=O)NCCN1CCOCC1)N([C@H](CO)c1ccccc1)C(=O)[C@@H]3[C@@H]2C(=O)NCc1ccccc1. The summed E-state index contributed by atoms with van der Waals surface area (Å²) in [6, 6.07) is 17.2. The number of morpholine rings is 1. The van der Waals surface area contributed by atoms with Crippen LogP contribution in [0.2, 0.25) is 0 Å². The highest BCUT2D eigenvalue weighted by Gasteiger charge is 2.79. The Morgan fingerprint density at radius 2 is 1.70 bits per heavy atom. The van der Waals surface area contributed by atoms with Gasteiger partial charge in [0.1, 0.15) is 11.6 Å². The minimum absolute atomic E-state index is 0.237. The van der Waals surface area contributed by atoms with Crippen LogP contribution in [-0.4, -0.2) is 95.9 Å². The zero-order chi connectivity index (χ0) is 30.0. The van der Waals surface area contributed by atoms with Gasteiger partial charge < -0.3 is 30.1 Å². The van der Waals surface area contributed by atoms with Crippen LogP contribution in [0.25, 0.3) is 0 Å². The molecule has 0 aromatic heterocycles. The number of carbonyl (C=O) groups excluding carboxylic acids is 3. The van der Waals surface area contributed by atoms with E-state index in [9.17, 15) is 19.5 Å². The summed E-state index contributed by atoms with van der Waals surface area (Å²) in [7, 11) is 0. The van der Waals surface area contributed by atoms with Crippen molar-refractivity contribution >= 4 is 17.7 Å². The molecule has 1 spiro atoms. The Morgan fingerprint density at radius 3 is 2.37 bits per heavy atom. The van der Waals surface area contributed by atoms with Crippen molar-refractivity contribution < 1.29 is 29.0 Å². The maximum atomic E-state index is 14.6. The molecule has 3 amide bonds. The van der Waals surface area contributed by atoms with Gasteiger partial charge in [-0.3, -0.25) is 19.3 Å². The first-order valence-corrected chi connectivity index (χ1v) is 15.5. The summed E-state index contributed by atoms with van der Waals surface area (Å²) in [6.07, 6.45) is 1.62. The summed E-state index contributed by atoms with van der Waals surface area (Å²) >= 11 is 0. The van der Waals surface area contributed by atoms with E-state index in [0.29, 0.717) is 52.1 Å². The van der Waals surface area contributed by atoms with Crippen molar-refractivity contribution in [3.8, 4) is 0 Å². The van der Waals surface area contributed by atoms with E-state index in [1.807, 2.05) is 67.6 Å². The summed E-state index contributed by atoms with van der Waals surface area (Å²) in [6.45, 7) is 5.97. The lowest BCUT2D eigenvalue weighted by molar-refractivity contribution is -0.151. The summed E-state index contributed by atoms with van der Waals surface area (Å²) in [4.78, 5) is 46.5. The van der Waals surface area contributed by atoms with Gasteiger partial charge in [-0.2, -0.15) is 0 Å². The molecule has 4 aliphatic rings. The Labute approximate surface area is 252 Å². The molecule has 230 valence electrons. The van der Waals surface area contributed by atoms with E-state index in [0.717, 1.165) is 24.2 Å². The number of ether oxygens (including phenoxy) is 2. The number of amides is 3. The van der Waals surface area contributed by atoms with Crippen LogP contribution in [-0.2, 0) is 30.4 Å². The topological polar surface area (TPSA) is 120 Å². The maximum Gasteiger partial charge on any atom is 0.245 e. The number of aliphatic hydroxyl groups is 1. The quantitative estimate of drug-likeness (QED) is 0.364. The second kappa shape index (κ2) is 12.4. The zero-order valence-corrected chi connectivity index (χ0v) is 24.7. The lowest BCUT2D eigenvalue weighted by atomic mass is 9.65. The number of fused-ring (bicyclic) bond motifs is 1. The summed E-state index contributed by atoms with van der Waals surface area (Å²) in [5, 5.41) is 16.8. The minimum Gasteiger partial charge on any atom is -0.394 e. The molecule has 0 radical (unpaired) electrons. The highest BCUT2D eigenvalue weighted by molar-refractivity contribution is 5.99. The number of carbonyl (C=O) groups is 3.